The lowest BCUT2D eigenvalue weighted by Crippen LogP contribution is -2.41. The Morgan fingerprint density at radius 3 is 2.60 bits per heavy atom. The number of unbranched alkanes of at least 4 members (excludes halogenated alkanes) is 1. The molecule has 3 nitrogen and oxygen atoms in total. The highest BCUT2D eigenvalue weighted by atomic mass is 16.5. The van der Waals surface area contributed by atoms with Gasteiger partial charge in [-0.25, -0.2) is 4.79 Å². The van der Waals surface area contributed by atoms with Crippen molar-refractivity contribution in [2.24, 2.45) is 5.41 Å². The fraction of sp³-hybridized carbons (Fsp3) is 0.750. The second-order valence-corrected chi connectivity index (χ2v) is 4.43. The monoisotopic (exact) mass is 212 g/mol. The van der Waals surface area contributed by atoms with Crippen molar-refractivity contribution in [3.63, 3.8) is 0 Å². The van der Waals surface area contributed by atoms with E-state index in [-0.39, 0.29) is 0 Å². The molecule has 1 fully saturated rings. The zero-order chi connectivity index (χ0) is 11.3. The summed E-state index contributed by atoms with van der Waals surface area (Å²) in [5.74, 6) is -0.813. The summed E-state index contributed by atoms with van der Waals surface area (Å²) in [6.07, 6.45) is 6.04. The second-order valence-electron chi connectivity index (χ2n) is 4.43. The van der Waals surface area contributed by atoms with E-state index >= 15 is 0 Å². The second kappa shape index (κ2) is 5.31. The average molecular weight is 212 g/mol. The summed E-state index contributed by atoms with van der Waals surface area (Å²) in [5, 5.41) is 8.66. The molecule has 0 aromatic carbocycles. The zero-order valence-electron chi connectivity index (χ0n) is 9.58. The van der Waals surface area contributed by atoms with E-state index in [9.17, 15) is 4.79 Å². The van der Waals surface area contributed by atoms with E-state index < -0.39 is 5.97 Å². The van der Waals surface area contributed by atoms with Crippen LogP contribution in [0.25, 0.3) is 0 Å². The molecule has 0 bridgehead atoms. The molecule has 1 rings (SSSR count). The lowest BCUT2D eigenvalue weighted by molar-refractivity contribution is -0.132. The molecular weight excluding hydrogens is 192 g/mol. The van der Waals surface area contributed by atoms with E-state index in [4.69, 9.17) is 9.84 Å². The number of carboxylic acid groups (broad SMARTS) is 1. The number of hydrogen-bond acceptors (Lipinski definition) is 2. The van der Waals surface area contributed by atoms with Crippen molar-refractivity contribution in [3.05, 3.63) is 11.6 Å². The first-order valence-electron chi connectivity index (χ1n) is 5.57. The van der Waals surface area contributed by atoms with Crippen LogP contribution in [-0.2, 0) is 9.53 Å². The molecule has 0 saturated carbocycles. The number of hydrogen-bond donors (Lipinski definition) is 1. The molecule has 1 aliphatic heterocycles. The van der Waals surface area contributed by atoms with E-state index in [0.29, 0.717) is 11.0 Å². The SMILES string of the molecule is CCC1(CCCC=C(C)C(=O)O)COC1. The Morgan fingerprint density at radius 2 is 2.20 bits per heavy atom. The van der Waals surface area contributed by atoms with Crippen LogP contribution in [0, 0.1) is 5.41 Å². The third kappa shape index (κ3) is 3.34. The predicted octanol–water partition coefficient (Wildman–Crippen LogP) is 2.61. The van der Waals surface area contributed by atoms with Gasteiger partial charge in [0.2, 0.25) is 0 Å². The molecule has 0 amide bonds. The Balaban J connectivity index is 2.21. The summed E-state index contributed by atoms with van der Waals surface area (Å²) in [4.78, 5) is 10.5. The zero-order valence-corrected chi connectivity index (χ0v) is 9.58. The number of allylic oxidation sites excluding steroid dienone is 1. The van der Waals surface area contributed by atoms with Gasteiger partial charge in [0.25, 0.3) is 0 Å². The molecule has 1 saturated heterocycles. The average Bonchev–Trinajstić information content (AvgIpc) is 2.15. The van der Waals surface area contributed by atoms with Crippen LogP contribution >= 0.6 is 0 Å². The summed E-state index contributed by atoms with van der Waals surface area (Å²) >= 11 is 0. The fourth-order valence-electron chi connectivity index (χ4n) is 1.80. The minimum Gasteiger partial charge on any atom is -0.478 e. The van der Waals surface area contributed by atoms with Gasteiger partial charge in [0, 0.05) is 11.0 Å². The van der Waals surface area contributed by atoms with Crippen LogP contribution in [0.1, 0.15) is 39.5 Å². The highest BCUT2D eigenvalue weighted by Crippen LogP contribution is 2.36. The fourth-order valence-corrected chi connectivity index (χ4v) is 1.80. The van der Waals surface area contributed by atoms with E-state index in [0.717, 1.165) is 38.9 Å². The summed E-state index contributed by atoms with van der Waals surface area (Å²) in [6, 6.07) is 0. The molecule has 0 atom stereocenters. The molecule has 1 N–H and O–H groups in total. The molecule has 0 radical (unpaired) electrons. The lowest BCUT2D eigenvalue weighted by atomic mass is 9.78. The van der Waals surface area contributed by atoms with Gasteiger partial charge in [-0.3, -0.25) is 0 Å². The molecule has 0 aromatic rings. The highest BCUT2D eigenvalue weighted by Gasteiger charge is 2.35. The Labute approximate surface area is 91.1 Å². The lowest BCUT2D eigenvalue weighted by Gasteiger charge is -2.41. The van der Waals surface area contributed by atoms with Crippen LogP contribution in [-0.4, -0.2) is 24.3 Å². The van der Waals surface area contributed by atoms with Crippen molar-refractivity contribution in [3.8, 4) is 0 Å². The van der Waals surface area contributed by atoms with Gasteiger partial charge in [0.1, 0.15) is 0 Å². The third-order valence-corrected chi connectivity index (χ3v) is 3.27. The van der Waals surface area contributed by atoms with Gasteiger partial charge in [-0.15, -0.1) is 0 Å². The Morgan fingerprint density at radius 1 is 1.53 bits per heavy atom. The Hall–Kier alpha value is -0.830. The van der Waals surface area contributed by atoms with E-state index in [1.54, 1.807) is 6.92 Å². The normalized spacial score (nSPS) is 19.7. The molecule has 3 heteroatoms. The number of rotatable bonds is 6. The van der Waals surface area contributed by atoms with Gasteiger partial charge < -0.3 is 9.84 Å². The van der Waals surface area contributed by atoms with E-state index in [2.05, 4.69) is 6.92 Å². The molecule has 1 heterocycles. The standard InChI is InChI=1S/C12H20O3/c1-3-12(8-15-9-12)7-5-4-6-10(2)11(13)14/h6H,3-5,7-9H2,1-2H3,(H,13,14). The Kier molecular flexibility index (Phi) is 4.33. The molecule has 0 spiro atoms. The summed E-state index contributed by atoms with van der Waals surface area (Å²) in [6.45, 7) is 5.60. The number of carbonyl (C=O) groups is 1. The number of carboxylic acids is 1. The largest absolute Gasteiger partial charge is 0.478 e. The number of aliphatic carboxylic acids is 1. The summed E-state index contributed by atoms with van der Waals surface area (Å²) in [5.41, 5.74) is 0.843. The third-order valence-electron chi connectivity index (χ3n) is 3.27. The molecule has 0 unspecified atom stereocenters. The maximum absolute atomic E-state index is 10.5. The van der Waals surface area contributed by atoms with Gasteiger partial charge in [-0.2, -0.15) is 0 Å². The van der Waals surface area contributed by atoms with Gasteiger partial charge in [0.15, 0.2) is 0 Å². The van der Waals surface area contributed by atoms with Gasteiger partial charge in [-0.05, 0) is 32.6 Å². The minimum absolute atomic E-state index is 0.394. The first-order valence-corrected chi connectivity index (χ1v) is 5.57. The molecular formula is C12H20O3. The van der Waals surface area contributed by atoms with Crippen LogP contribution in [0.2, 0.25) is 0 Å². The molecule has 15 heavy (non-hydrogen) atoms. The van der Waals surface area contributed by atoms with E-state index in [1.807, 2.05) is 6.08 Å². The van der Waals surface area contributed by atoms with Crippen molar-refractivity contribution in [2.45, 2.75) is 39.5 Å². The highest BCUT2D eigenvalue weighted by molar-refractivity contribution is 5.85. The van der Waals surface area contributed by atoms with Crippen molar-refractivity contribution >= 4 is 5.97 Å². The Bertz CT molecular complexity index is 246. The van der Waals surface area contributed by atoms with Gasteiger partial charge in [0.05, 0.1) is 13.2 Å². The maximum Gasteiger partial charge on any atom is 0.330 e. The molecule has 0 aromatic heterocycles. The van der Waals surface area contributed by atoms with Gasteiger partial charge in [-0.1, -0.05) is 13.0 Å². The van der Waals surface area contributed by atoms with E-state index in [1.165, 1.54) is 0 Å². The van der Waals surface area contributed by atoms with Crippen molar-refractivity contribution in [2.75, 3.05) is 13.2 Å². The van der Waals surface area contributed by atoms with Crippen LogP contribution < -0.4 is 0 Å². The maximum atomic E-state index is 10.5. The predicted molar refractivity (Wildman–Crippen MR) is 58.8 cm³/mol. The summed E-state index contributed by atoms with van der Waals surface area (Å²) in [7, 11) is 0. The summed E-state index contributed by atoms with van der Waals surface area (Å²) < 4.78 is 5.24. The van der Waals surface area contributed by atoms with Crippen molar-refractivity contribution in [1.82, 2.24) is 0 Å². The van der Waals surface area contributed by atoms with Crippen LogP contribution in [0.3, 0.4) is 0 Å². The van der Waals surface area contributed by atoms with Crippen molar-refractivity contribution < 1.29 is 14.6 Å². The van der Waals surface area contributed by atoms with Crippen LogP contribution in [0.5, 0.6) is 0 Å². The van der Waals surface area contributed by atoms with Gasteiger partial charge >= 0.3 is 5.97 Å². The quantitative estimate of drug-likeness (QED) is 0.544. The topological polar surface area (TPSA) is 46.5 Å². The smallest absolute Gasteiger partial charge is 0.330 e. The van der Waals surface area contributed by atoms with Crippen LogP contribution in [0.15, 0.2) is 11.6 Å². The molecule has 86 valence electrons. The molecule has 0 aliphatic carbocycles. The first-order chi connectivity index (χ1) is 7.09. The van der Waals surface area contributed by atoms with Crippen molar-refractivity contribution in [1.29, 1.82) is 0 Å². The number of ether oxygens (including phenoxy) is 1. The minimum atomic E-state index is -0.813. The van der Waals surface area contributed by atoms with Crippen LogP contribution in [0.4, 0.5) is 0 Å². The molecule has 1 aliphatic rings. The first kappa shape index (κ1) is 12.2.